The molecule has 0 amide bonds. The average Bonchev–Trinajstić information content (AvgIpc) is 2.91. The van der Waals surface area contributed by atoms with Crippen molar-refractivity contribution in [1.29, 1.82) is 0 Å². The molecule has 114 valence electrons. The molecule has 22 heavy (non-hydrogen) atoms. The van der Waals surface area contributed by atoms with E-state index in [0.29, 0.717) is 0 Å². The number of rotatable bonds is 5. The van der Waals surface area contributed by atoms with E-state index >= 15 is 0 Å². The Bertz CT molecular complexity index is 784. The van der Waals surface area contributed by atoms with Crippen LogP contribution in [-0.4, -0.2) is 28.6 Å². The standard InChI is InChI=1S/C17H18BrN3O/c1-20(10-13-9-14(18)7-8-17(13)22-2)12-21-11-19-15-5-3-4-6-16(15)21/h3-9,11H,10,12H2,1-2H3. The Morgan fingerprint density at radius 2 is 2.05 bits per heavy atom. The summed E-state index contributed by atoms with van der Waals surface area (Å²) in [5, 5.41) is 0. The van der Waals surface area contributed by atoms with Gasteiger partial charge >= 0.3 is 0 Å². The lowest BCUT2D eigenvalue weighted by Crippen LogP contribution is -2.21. The lowest BCUT2D eigenvalue weighted by molar-refractivity contribution is 0.260. The predicted molar refractivity (Wildman–Crippen MR) is 91.9 cm³/mol. The van der Waals surface area contributed by atoms with Crippen LogP contribution in [0.5, 0.6) is 5.75 Å². The zero-order chi connectivity index (χ0) is 15.5. The summed E-state index contributed by atoms with van der Waals surface area (Å²) in [4.78, 5) is 6.67. The molecule has 0 atom stereocenters. The molecule has 0 aliphatic carbocycles. The second-order valence-corrected chi connectivity index (χ2v) is 6.23. The molecule has 0 saturated heterocycles. The number of hydrogen-bond donors (Lipinski definition) is 0. The first-order valence-electron chi connectivity index (χ1n) is 7.08. The lowest BCUT2D eigenvalue weighted by atomic mass is 10.2. The molecule has 0 aliphatic rings. The topological polar surface area (TPSA) is 30.3 Å². The van der Waals surface area contributed by atoms with Crippen molar-refractivity contribution < 1.29 is 4.74 Å². The van der Waals surface area contributed by atoms with Crippen molar-refractivity contribution in [2.75, 3.05) is 14.2 Å². The average molecular weight is 360 g/mol. The van der Waals surface area contributed by atoms with Crippen molar-refractivity contribution in [2.45, 2.75) is 13.2 Å². The van der Waals surface area contributed by atoms with Crippen LogP contribution >= 0.6 is 15.9 Å². The molecule has 0 aliphatic heterocycles. The zero-order valence-corrected chi connectivity index (χ0v) is 14.2. The van der Waals surface area contributed by atoms with Gasteiger partial charge in [0, 0.05) is 16.6 Å². The van der Waals surface area contributed by atoms with E-state index in [-0.39, 0.29) is 0 Å². The largest absolute Gasteiger partial charge is 0.496 e. The summed E-state index contributed by atoms with van der Waals surface area (Å²) < 4.78 is 8.65. The van der Waals surface area contributed by atoms with Crippen LogP contribution in [0, 0.1) is 0 Å². The van der Waals surface area contributed by atoms with E-state index in [1.807, 2.05) is 36.7 Å². The number of fused-ring (bicyclic) bond motifs is 1. The fourth-order valence-electron chi connectivity index (χ4n) is 2.59. The summed E-state index contributed by atoms with van der Waals surface area (Å²) in [5.74, 6) is 0.908. The summed E-state index contributed by atoms with van der Waals surface area (Å²) in [5.41, 5.74) is 3.33. The maximum Gasteiger partial charge on any atom is 0.123 e. The number of ether oxygens (including phenoxy) is 1. The number of aromatic nitrogens is 2. The van der Waals surface area contributed by atoms with E-state index in [9.17, 15) is 0 Å². The molecule has 0 fully saturated rings. The van der Waals surface area contributed by atoms with Gasteiger partial charge in [0.1, 0.15) is 5.75 Å². The molecule has 3 rings (SSSR count). The van der Waals surface area contributed by atoms with Crippen LogP contribution in [0.3, 0.4) is 0 Å². The van der Waals surface area contributed by atoms with E-state index in [4.69, 9.17) is 4.74 Å². The predicted octanol–water partition coefficient (Wildman–Crippen LogP) is 3.90. The Balaban J connectivity index is 1.78. The first-order chi connectivity index (χ1) is 10.7. The molecule has 5 heteroatoms. The van der Waals surface area contributed by atoms with Gasteiger partial charge in [-0.15, -0.1) is 0 Å². The molecule has 0 saturated carbocycles. The van der Waals surface area contributed by atoms with Gasteiger partial charge in [0.2, 0.25) is 0 Å². The van der Waals surface area contributed by atoms with Crippen LogP contribution in [0.1, 0.15) is 5.56 Å². The molecule has 3 aromatic rings. The number of para-hydroxylation sites is 2. The highest BCUT2D eigenvalue weighted by Gasteiger charge is 2.09. The van der Waals surface area contributed by atoms with Crippen LogP contribution in [0.15, 0.2) is 53.3 Å². The third-order valence-electron chi connectivity index (χ3n) is 3.60. The summed E-state index contributed by atoms with van der Waals surface area (Å²) in [6.45, 7) is 1.57. The molecular formula is C17H18BrN3O. The van der Waals surface area contributed by atoms with E-state index in [0.717, 1.165) is 40.0 Å². The molecule has 1 aromatic heterocycles. The number of halogens is 1. The quantitative estimate of drug-likeness (QED) is 0.692. The van der Waals surface area contributed by atoms with Crippen molar-refractivity contribution >= 4 is 27.0 Å². The van der Waals surface area contributed by atoms with Crippen LogP contribution < -0.4 is 4.74 Å². The van der Waals surface area contributed by atoms with Gasteiger partial charge in [-0.25, -0.2) is 4.98 Å². The van der Waals surface area contributed by atoms with E-state index < -0.39 is 0 Å². The van der Waals surface area contributed by atoms with E-state index in [1.165, 1.54) is 0 Å². The minimum Gasteiger partial charge on any atom is -0.496 e. The number of imidazole rings is 1. The van der Waals surface area contributed by atoms with Crippen LogP contribution in [0.2, 0.25) is 0 Å². The zero-order valence-electron chi connectivity index (χ0n) is 12.7. The highest BCUT2D eigenvalue weighted by molar-refractivity contribution is 9.10. The Kier molecular flexibility index (Phi) is 4.45. The minimum atomic E-state index is 0.774. The van der Waals surface area contributed by atoms with E-state index in [1.54, 1.807) is 7.11 Å². The SMILES string of the molecule is COc1ccc(Br)cc1CN(C)Cn1cnc2ccccc21. The molecular weight excluding hydrogens is 342 g/mol. The van der Waals surface area contributed by atoms with Crippen LogP contribution in [0.4, 0.5) is 0 Å². The minimum absolute atomic E-state index is 0.774. The first kappa shape index (κ1) is 15.1. The maximum absolute atomic E-state index is 5.44. The Morgan fingerprint density at radius 3 is 2.86 bits per heavy atom. The van der Waals surface area contributed by atoms with Crippen molar-refractivity contribution in [3.63, 3.8) is 0 Å². The second-order valence-electron chi connectivity index (χ2n) is 5.31. The highest BCUT2D eigenvalue weighted by Crippen LogP contribution is 2.24. The summed E-state index contributed by atoms with van der Waals surface area (Å²) in [7, 11) is 3.80. The smallest absolute Gasteiger partial charge is 0.123 e. The van der Waals surface area contributed by atoms with E-state index in [2.05, 4.69) is 49.6 Å². The molecule has 0 unspecified atom stereocenters. The first-order valence-corrected chi connectivity index (χ1v) is 7.87. The summed E-state index contributed by atoms with van der Waals surface area (Å²) >= 11 is 3.52. The molecule has 0 bridgehead atoms. The normalized spacial score (nSPS) is 11.3. The highest BCUT2D eigenvalue weighted by atomic mass is 79.9. The van der Waals surface area contributed by atoms with Crippen molar-refractivity contribution in [3.8, 4) is 5.75 Å². The third-order valence-corrected chi connectivity index (χ3v) is 4.10. The fraction of sp³-hybridized carbons (Fsp3) is 0.235. The van der Waals surface area contributed by atoms with Gasteiger partial charge in [-0.05, 0) is 37.4 Å². The number of hydrogen-bond acceptors (Lipinski definition) is 3. The molecule has 0 N–H and O–H groups in total. The number of nitrogens with zero attached hydrogens (tertiary/aromatic N) is 3. The number of methoxy groups -OCH3 is 1. The summed E-state index contributed by atoms with van der Waals surface area (Å²) in [6, 6.07) is 14.2. The molecule has 2 aromatic carbocycles. The van der Waals surface area contributed by atoms with Gasteiger partial charge in [0.15, 0.2) is 0 Å². The van der Waals surface area contributed by atoms with Gasteiger partial charge < -0.3 is 9.30 Å². The van der Waals surface area contributed by atoms with Crippen molar-refractivity contribution in [3.05, 3.63) is 58.8 Å². The van der Waals surface area contributed by atoms with Crippen molar-refractivity contribution in [1.82, 2.24) is 14.5 Å². The van der Waals surface area contributed by atoms with Gasteiger partial charge in [-0.1, -0.05) is 28.1 Å². The van der Waals surface area contributed by atoms with Gasteiger partial charge in [0.05, 0.1) is 31.1 Å². The molecule has 0 spiro atoms. The van der Waals surface area contributed by atoms with Crippen LogP contribution in [-0.2, 0) is 13.2 Å². The Hall–Kier alpha value is -1.85. The van der Waals surface area contributed by atoms with Gasteiger partial charge in [-0.2, -0.15) is 0 Å². The van der Waals surface area contributed by atoms with Gasteiger partial charge in [0.25, 0.3) is 0 Å². The molecule has 1 heterocycles. The Morgan fingerprint density at radius 1 is 1.23 bits per heavy atom. The molecule has 4 nitrogen and oxygen atoms in total. The molecule has 0 radical (unpaired) electrons. The Labute approximate surface area is 138 Å². The third kappa shape index (κ3) is 3.15. The summed E-state index contributed by atoms with van der Waals surface area (Å²) in [6.07, 6.45) is 1.89. The maximum atomic E-state index is 5.44. The van der Waals surface area contributed by atoms with Crippen LogP contribution in [0.25, 0.3) is 11.0 Å². The monoisotopic (exact) mass is 359 g/mol. The lowest BCUT2D eigenvalue weighted by Gasteiger charge is -2.19. The van der Waals surface area contributed by atoms with Gasteiger partial charge in [-0.3, -0.25) is 4.90 Å². The number of benzene rings is 2. The second kappa shape index (κ2) is 6.50. The fourth-order valence-corrected chi connectivity index (χ4v) is 3.00. The van der Waals surface area contributed by atoms with Crippen molar-refractivity contribution in [2.24, 2.45) is 0 Å².